The summed E-state index contributed by atoms with van der Waals surface area (Å²) in [7, 11) is 0. The largest absolute Gasteiger partial charge is 0.598 e. The molecule has 6 rings (SSSR count). The van der Waals surface area contributed by atoms with Gasteiger partial charge in [-0.05, 0) is 92.6 Å². The van der Waals surface area contributed by atoms with Crippen LogP contribution in [0.4, 0.5) is 23.7 Å². The molecule has 3 fully saturated rings. The molecule has 228 valence electrons. The molecular formula is C29H30F3N5O5S. The molecule has 0 aromatic heterocycles. The minimum absolute atomic E-state index is 0.249. The molecule has 14 heteroatoms. The predicted octanol–water partition coefficient (Wildman–Crippen LogP) is 3.41. The molecule has 0 bridgehead atoms. The van der Waals surface area contributed by atoms with Gasteiger partial charge in [0.1, 0.15) is 28.4 Å². The summed E-state index contributed by atoms with van der Waals surface area (Å²) in [5, 5.41) is 5.17. The highest BCUT2D eigenvalue weighted by atomic mass is 32.2. The van der Waals surface area contributed by atoms with Gasteiger partial charge < -0.3 is 14.6 Å². The number of carbonyl (C=O) groups excluding carboxylic acids is 3. The SMILES string of the molecule is Cc1cc(N2C(=O)NC(=O)C23CC3)cc(C)c1CC[S@+]([O-])N1CCC2(CC1)N=C(c1ccc(OC(F)(F)F)cc1)NC2=O. The van der Waals surface area contributed by atoms with E-state index >= 15 is 0 Å². The van der Waals surface area contributed by atoms with Gasteiger partial charge in [-0.25, -0.2) is 4.79 Å². The fourth-order valence-corrected chi connectivity index (χ4v) is 7.40. The van der Waals surface area contributed by atoms with Crippen molar-refractivity contribution in [2.75, 3.05) is 23.7 Å². The number of imide groups is 1. The Kier molecular flexibility index (Phi) is 7.21. The number of hydrogen-bond acceptors (Lipinski definition) is 7. The second-order valence-corrected chi connectivity index (χ2v) is 13.0. The number of halogens is 3. The van der Waals surface area contributed by atoms with E-state index in [1.54, 1.807) is 4.90 Å². The van der Waals surface area contributed by atoms with Crippen molar-refractivity contribution in [3.05, 3.63) is 58.7 Å². The van der Waals surface area contributed by atoms with Gasteiger partial charge in [0.15, 0.2) is 0 Å². The van der Waals surface area contributed by atoms with E-state index in [4.69, 9.17) is 0 Å². The molecule has 2 N–H and O–H groups in total. The second kappa shape index (κ2) is 10.5. The molecule has 1 atom stereocenters. The number of alkyl halides is 3. The van der Waals surface area contributed by atoms with E-state index in [1.165, 1.54) is 24.3 Å². The first-order valence-corrected chi connectivity index (χ1v) is 15.2. The number of urea groups is 1. The van der Waals surface area contributed by atoms with Gasteiger partial charge in [0.25, 0.3) is 11.8 Å². The summed E-state index contributed by atoms with van der Waals surface area (Å²) in [4.78, 5) is 43.8. The maximum atomic E-state index is 13.3. The third-order valence-corrected chi connectivity index (χ3v) is 10.1. The molecule has 3 aliphatic heterocycles. The van der Waals surface area contributed by atoms with Gasteiger partial charge in [-0.1, -0.05) is 0 Å². The summed E-state index contributed by atoms with van der Waals surface area (Å²) in [5.74, 6) is -0.225. The highest BCUT2D eigenvalue weighted by molar-refractivity contribution is 7.89. The molecule has 2 saturated heterocycles. The molecule has 0 radical (unpaired) electrons. The van der Waals surface area contributed by atoms with Crippen molar-refractivity contribution in [1.82, 2.24) is 14.9 Å². The zero-order valence-corrected chi connectivity index (χ0v) is 24.4. The predicted molar refractivity (Wildman–Crippen MR) is 152 cm³/mol. The van der Waals surface area contributed by atoms with Crippen LogP contribution < -0.4 is 20.3 Å². The van der Waals surface area contributed by atoms with Crippen LogP contribution in [-0.2, 0) is 27.4 Å². The Balaban J connectivity index is 1.06. The zero-order chi connectivity index (χ0) is 30.7. The van der Waals surface area contributed by atoms with Crippen LogP contribution in [0.3, 0.4) is 0 Å². The van der Waals surface area contributed by atoms with Crippen LogP contribution in [0, 0.1) is 13.8 Å². The maximum Gasteiger partial charge on any atom is 0.573 e. The summed E-state index contributed by atoms with van der Waals surface area (Å²) >= 11 is -1.30. The highest BCUT2D eigenvalue weighted by Gasteiger charge is 2.62. The number of carbonyl (C=O) groups is 3. The topological polar surface area (TPSA) is 126 Å². The lowest BCUT2D eigenvalue weighted by atomic mass is 9.89. The van der Waals surface area contributed by atoms with Crippen molar-refractivity contribution in [2.45, 2.75) is 63.4 Å². The standard InChI is InChI=1S/C29H30F3N5O5S/c1-17-15-20(37-26(40)34-25(39)28(37)8-9-28)16-18(2)22(17)7-14-43(41)36-12-10-27(11-13-36)24(38)33-23(35-27)19-3-5-21(6-4-19)42-29(30,31)32/h3-6,15-16H,7-14H2,1-2H3,(H,33,35,38)(H,34,39,40)/t43-/m0/s1. The van der Waals surface area contributed by atoms with Crippen molar-refractivity contribution >= 4 is 40.7 Å². The highest BCUT2D eigenvalue weighted by Crippen LogP contribution is 2.47. The maximum absolute atomic E-state index is 13.3. The average Bonchev–Trinajstić information content (AvgIpc) is 3.61. The fourth-order valence-electron chi connectivity index (χ4n) is 6.18. The van der Waals surface area contributed by atoms with Gasteiger partial charge in [-0.15, -0.1) is 17.5 Å². The molecule has 4 aliphatic rings. The fraction of sp³-hybridized carbons (Fsp3) is 0.448. The lowest BCUT2D eigenvalue weighted by Crippen LogP contribution is -2.50. The third-order valence-electron chi connectivity index (χ3n) is 8.64. The minimum Gasteiger partial charge on any atom is -0.598 e. The molecule has 2 aromatic carbocycles. The summed E-state index contributed by atoms with van der Waals surface area (Å²) in [6.07, 6.45) is -2.25. The van der Waals surface area contributed by atoms with Crippen LogP contribution in [0.5, 0.6) is 5.75 Å². The number of amides is 4. The lowest BCUT2D eigenvalue weighted by Gasteiger charge is -2.35. The third kappa shape index (κ3) is 5.47. The van der Waals surface area contributed by atoms with Crippen molar-refractivity contribution in [1.29, 1.82) is 0 Å². The van der Waals surface area contributed by atoms with Crippen molar-refractivity contribution in [2.24, 2.45) is 4.99 Å². The lowest BCUT2D eigenvalue weighted by molar-refractivity contribution is -0.274. The molecule has 0 unspecified atom stereocenters. The number of rotatable bonds is 7. The molecule has 4 amide bonds. The number of nitrogens with one attached hydrogen (secondary N) is 2. The summed E-state index contributed by atoms with van der Waals surface area (Å²) in [6, 6.07) is 8.54. The van der Waals surface area contributed by atoms with Gasteiger partial charge in [0.05, 0.1) is 0 Å². The zero-order valence-electron chi connectivity index (χ0n) is 23.5. The van der Waals surface area contributed by atoms with E-state index in [2.05, 4.69) is 20.4 Å². The van der Waals surface area contributed by atoms with E-state index in [1.807, 2.05) is 30.3 Å². The number of amidine groups is 1. The van der Waals surface area contributed by atoms with Crippen LogP contribution in [-0.4, -0.2) is 68.8 Å². The normalized spacial score (nSPS) is 21.7. The number of benzene rings is 2. The molecule has 3 heterocycles. The minimum atomic E-state index is -4.80. The Bertz CT molecular complexity index is 1490. The number of piperidine rings is 1. The van der Waals surface area contributed by atoms with Crippen LogP contribution in [0.2, 0.25) is 0 Å². The Labute approximate surface area is 249 Å². The Morgan fingerprint density at radius 2 is 1.60 bits per heavy atom. The van der Waals surface area contributed by atoms with E-state index in [0.717, 1.165) is 16.7 Å². The van der Waals surface area contributed by atoms with Crippen molar-refractivity contribution < 1.29 is 36.8 Å². The van der Waals surface area contributed by atoms with E-state index in [0.29, 0.717) is 62.2 Å². The summed E-state index contributed by atoms with van der Waals surface area (Å²) < 4.78 is 56.4. The van der Waals surface area contributed by atoms with Crippen molar-refractivity contribution in [3.8, 4) is 5.75 Å². The molecule has 10 nitrogen and oxygen atoms in total. The molecule has 43 heavy (non-hydrogen) atoms. The quantitative estimate of drug-likeness (QED) is 0.362. The summed E-state index contributed by atoms with van der Waals surface area (Å²) in [6.45, 7) is 4.68. The van der Waals surface area contributed by atoms with Crippen LogP contribution in [0.25, 0.3) is 0 Å². The monoisotopic (exact) mass is 617 g/mol. The second-order valence-electron chi connectivity index (χ2n) is 11.4. The molecule has 2 spiro atoms. The van der Waals surface area contributed by atoms with E-state index in [9.17, 15) is 32.1 Å². The smallest absolute Gasteiger partial charge is 0.573 e. The van der Waals surface area contributed by atoms with Crippen LogP contribution in [0.1, 0.15) is 47.9 Å². The molecular weight excluding hydrogens is 587 g/mol. The number of nitrogens with zero attached hydrogens (tertiary/aromatic N) is 3. The Morgan fingerprint density at radius 1 is 0.977 bits per heavy atom. The van der Waals surface area contributed by atoms with Crippen molar-refractivity contribution in [3.63, 3.8) is 0 Å². The van der Waals surface area contributed by atoms with Gasteiger partial charge in [0.2, 0.25) is 0 Å². The van der Waals surface area contributed by atoms with Gasteiger partial charge in [0, 0.05) is 42.1 Å². The Hall–Kier alpha value is -3.62. The first-order valence-electron chi connectivity index (χ1n) is 14.0. The average molecular weight is 618 g/mol. The number of anilines is 1. The van der Waals surface area contributed by atoms with Gasteiger partial charge >= 0.3 is 12.4 Å². The van der Waals surface area contributed by atoms with Gasteiger partial charge in [-0.2, -0.15) is 0 Å². The molecule has 1 saturated carbocycles. The number of aryl methyl sites for hydroxylation is 2. The number of aliphatic imine (C=N–C) groups is 1. The molecule has 1 aliphatic carbocycles. The Morgan fingerprint density at radius 3 is 2.19 bits per heavy atom. The van der Waals surface area contributed by atoms with Gasteiger partial charge in [-0.3, -0.25) is 24.8 Å². The number of hydrogen-bond donors (Lipinski definition) is 2. The molecule has 2 aromatic rings. The first kappa shape index (κ1) is 29.5. The van der Waals surface area contributed by atoms with E-state index < -0.39 is 34.8 Å². The first-order chi connectivity index (χ1) is 20.3. The summed E-state index contributed by atoms with van der Waals surface area (Å²) in [5.41, 5.74) is 2.32. The van der Waals surface area contributed by atoms with E-state index in [-0.39, 0.29) is 23.4 Å². The van der Waals surface area contributed by atoms with Crippen LogP contribution in [0.15, 0.2) is 41.4 Å². The van der Waals surface area contributed by atoms with Crippen LogP contribution >= 0.6 is 0 Å². The number of ether oxygens (including phenoxy) is 1.